The zero-order valence-corrected chi connectivity index (χ0v) is 6.38. The Morgan fingerprint density at radius 2 is 2.42 bits per heavy atom. The molecule has 0 atom stereocenters. The first-order valence-corrected chi connectivity index (χ1v) is 3.19. The predicted molar refractivity (Wildman–Crippen MR) is 36.0 cm³/mol. The zero-order chi connectivity index (χ0) is 9.19. The molecule has 0 saturated carbocycles. The van der Waals surface area contributed by atoms with E-state index >= 15 is 0 Å². The van der Waals surface area contributed by atoms with E-state index in [0.29, 0.717) is 0 Å². The summed E-state index contributed by atoms with van der Waals surface area (Å²) in [6, 6.07) is 1.01. The van der Waals surface area contributed by atoms with Gasteiger partial charge < -0.3 is 15.0 Å². The van der Waals surface area contributed by atoms with Gasteiger partial charge in [-0.1, -0.05) is 0 Å². The van der Waals surface area contributed by atoms with Gasteiger partial charge >= 0.3 is 5.92 Å². The summed E-state index contributed by atoms with van der Waals surface area (Å²) >= 11 is 0. The molecule has 0 aromatic carbocycles. The lowest BCUT2D eigenvalue weighted by atomic mass is 10.2. The molecule has 0 aliphatic carbocycles. The highest BCUT2D eigenvalue weighted by Crippen LogP contribution is 2.28. The van der Waals surface area contributed by atoms with Gasteiger partial charge in [0, 0.05) is 0 Å². The van der Waals surface area contributed by atoms with E-state index in [1.54, 1.807) is 0 Å². The summed E-state index contributed by atoms with van der Waals surface area (Å²) in [5, 5.41) is 3.22. The van der Waals surface area contributed by atoms with E-state index in [1.807, 2.05) is 0 Å². The molecule has 1 rings (SSSR count). The number of hydrogen-bond acceptors (Lipinski definition) is 4. The summed E-state index contributed by atoms with van der Waals surface area (Å²) in [5.41, 5.74) is 4.81. The highest BCUT2D eigenvalue weighted by Gasteiger charge is 2.34. The monoisotopic (exact) mass is 178 g/mol. The Morgan fingerprint density at radius 3 is 2.83 bits per heavy atom. The quantitative estimate of drug-likeness (QED) is 0.741. The summed E-state index contributed by atoms with van der Waals surface area (Å²) in [6.45, 7) is -0.814. The normalized spacial score (nSPS) is 11.7. The second kappa shape index (κ2) is 3.06. The molecule has 12 heavy (non-hydrogen) atoms. The van der Waals surface area contributed by atoms with Crippen molar-refractivity contribution in [2.45, 2.75) is 5.92 Å². The van der Waals surface area contributed by atoms with Crippen LogP contribution in [0, 0.1) is 0 Å². The number of aromatic nitrogens is 1. The van der Waals surface area contributed by atoms with E-state index < -0.39 is 18.2 Å². The van der Waals surface area contributed by atoms with E-state index in [-0.39, 0.29) is 5.88 Å². The van der Waals surface area contributed by atoms with Gasteiger partial charge in [0.1, 0.15) is 0 Å². The van der Waals surface area contributed by atoms with Gasteiger partial charge in [-0.2, -0.15) is 8.78 Å². The maximum atomic E-state index is 12.7. The zero-order valence-electron chi connectivity index (χ0n) is 6.38. The molecule has 1 aromatic heterocycles. The number of halogens is 2. The third-order valence-corrected chi connectivity index (χ3v) is 1.31. The van der Waals surface area contributed by atoms with Crippen molar-refractivity contribution in [3.8, 4) is 5.88 Å². The highest BCUT2D eigenvalue weighted by atomic mass is 19.3. The summed E-state index contributed by atoms with van der Waals surface area (Å²) in [7, 11) is 1.31. The largest absolute Gasteiger partial charge is 0.479 e. The van der Waals surface area contributed by atoms with Crippen LogP contribution in [0.5, 0.6) is 5.88 Å². The minimum atomic E-state index is -3.18. The minimum Gasteiger partial charge on any atom is -0.479 e. The molecule has 2 N–H and O–H groups in total. The first-order valence-electron chi connectivity index (χ1n) is 3.19. The fraction of sp³-hybridized carbons (Fsp3) is 0.500. The van der Waals surface area contributed by atoms with Gasteiger partial charge in [0.25, 0.3) is 5.88 Å². The molecule has 0 aliphatic rings. The number of alkyl halides is 2. The van der Waals surface area contributed by atoms with Gasteiger partial charge in [-0.3, -0.25) is 0 Å². The van der Waals surface area contributed by atoms with Gasteiger partial charge in [0.2, 0.25) is 5.76 Å². The van der Waals surface area contributed by atoms with Gasteiger partial charge in [0.15, 0.2) is 0 Å². The van der Waals surface area contributed by atoms with Crippen LogP contribution >= 0.6 is 0 Å². The molecule has 0 fully saturated rings. The summed E-state index contributed by atoms with van der Waals surface area (Å²) in [5.74, 6) is -3.75. The minimum absolute atomic E-state index is 0.0122. The van der Waals surface area contributed by atoms with E-state index in [9.17, 15) is 8.78 Å². The number of hydrogen-bond donors (Lipinski definition) is 1. The smallest absolute Gasteiger partial charge is 0.319 e. The van der Waals surface area contributed by atoms with Gasteiger partial charge in [-0.25, -0.2) is 0 Å². The Hall–Kier alpha value is -1.17. The van der Waals surface area contributed by atoms with Crippen molar-refractivity contribution in [2.75, 3.05) is 13.7 Å². The van der Waals surface area contributed by atoms with Crippen LogP contribution in [-0.4, -0.2) is 18.8 Å². The van der Waals surface area contributed by atoms with Crippen molar-refractivity contribution in [2.24, 2.45) is 5.73 Å². The van der Waals surface area contributed by atoms with E-state index in [0.717, 1.165) is 6.07 Å². The average molecular weight is 178 g/mol. The van der Waals surface area contributed by atoms with Crippen molar-refractivity contribution in [1.82, 2.24) is 5.16 Å². The van der Waals surface area contributed by atoms with Crippen LogP contribution in [0.4, 0.5) is 8.78 Å². The molecular formula is C6H8F2N2O2. The third kappa shape index (κ3) is 1.53. The molecule has 0 bridgehead atoms. The number of nitrogens with two attached hydrogens (primary N) is 1. The molecule has 1 aromatic rings. The topological polar surface area (TPSA) is 61.3 Å². The molecule has 4 nitrogen and oxygen atoms in total. The summed E-state index contributed by atoms with van der Waals surface area (Å²) < 4.78 is 34.3. The van der Waals surface area contributed by atoms with E-state index in [1.165, 1.54) is 7.11 Å². The van der Waals surface area contributed by atoms with Crippen molar-refractivity contribution in [3.63, 3.8) is 0 Å². The molecule has 1 heterocycles. The van der Waals surface area contributed by atoms with Crippen LogP contribution in [0.15, 0.2) is 10.6 Å². The number of methoxy groups -OCH3 is 1. The van der Waals surface area contributed by atoms with Crippen molar-refractivity contribution >= 4 is 0 Å². The molecule has 0 aliphatic heterocycles. The van der Waals surface area contributed by atoms with E-state index in [4.69, 9.17) is 5.73 Å². The molecule has 0 unspecified atom stereocenters. The standard InChI is InChI=1S/C6H8F2N2O2/c1-11-5-2-4(12-10-5)6(7,8)3-9/h2H,3,9H2,1H3. The van der Waals surface area contributed by atoms with Crippen molar-refractivity contribution in [3.05, 3.63) is 11.8 Å². The van der Waals surface area contributed by atoms with Crippen LogP contribution in [-0.2, 0) is 5.92 Å². The Labute approximate surface area is 67.3 Å². The SMILES string of the molecule is COc1cc(C(F)(F)CN)on1. The van der Waals surface area contributed by atoms with Crippen LogP contribution in [0.3, 0.4) is 0 Å². The summed E-state index contributed by atoms with van der Waals surface area (Å²) in [4.78, 5) is 0. The van der Waals surface area contributed by atoms with Crippen LogP contribution in [0.25, 0.3) is 0 Å². The molecular weight excluding hydrogens is 170 g/mol. The summed E-state index contributed by atoms with van der Waals surface area (Å²) in [6.07, 6.45) is 0. The average Bonchev–Trinajstić information content (AvgIpc) is 2.52. The fourth-order valence-electron chi connectivity index (χ4n) is 0.628. The van der Waals surface area contributed by atoms with Gasteiger partial charge in [-0.05, 0) is 5.16 Å². The molecule has 0 amide bonds. The highest BCUT2D eigenvalue weighted by molar-refractivity contribution is 5.14. The molecule has 68 valence electrons. The third-order valence-electron chi connectivity index (χ3n) is 1.31. The Bertz CT molecular complexity index is 262. The molecule has 0 spiro atoms. The first kappa shape index (κ1) is 8.92. The second-order valence-electron chi connectivity index (χ2n) is 2.14. The molecule has 0 radical (unpaired) electrons. The van der Waals surface area contributed by atoms with Crippen molar-refractivity contribution < 1.29 is 18.0 Å². The first-order chi connectivity index (χ1) is 5.60. The maximum absolute atomic E-state index is 12.7. The van der Waals surface area contributed by atoms with Crippen LogP contribution in [0.1, 0.15) is 5.76 Å². The predicted octanol–water partition coefficient (Wildman–Crippen LogP) is 0.734. The second-order valence-corrected chi connectivity index (χ2v) is 2.14. The lowest BCUT2D eigenvalue weighted by Gasteiger charge is -2.07. The maximum Gasteiger partial charge on any atom is 0.319 e. The molecule has 6 heteroatoms. The fourth-order valence-corrected chi connectivity index (χ4v) is 0.628. The van der Waals surface area contributed by atoms with Gasteiger partial charge in [-0.15, -0.1) is 0 Å². The lowest BCUT2D eigenvalue weighted by Crippen LogP contribution is -2.24. The molecule has 0 saturated heterocycles. The van der Waals surface area contributed by atoms with E-state index in [2.05, 4.69) is 14.4 Å². The van der Waals surface area contributed by atoms with Crippen LogP contribution < -0.4 is 10.5 Å². The number of nitrogens with zero attached hydrogens (tertiary/aromatic N) is 1. The Kier molecular flexibility index (Phi) is 2.27. The Balaban J connectivity index is 2.88. The van der Waals surface area contributed by atoms with Crippen molar-refractivity contribution in [1.29, 1.82) is 0 Å². The van der Waals surface area contributed by atoms with Crippen LogP contribution in [0.2, 0.25) is 0 Å². The lowest BCUT2D eigenvalue weighted by molar-refractivity contribution is -0.0209. The Morgan fingerprint density at radius 1 is 1.75 bits per heavy atom. The number of ether oxygens (including phenoxy) is 1. The number of rotatable bonds is 3. The van der Waals surface area contributed by atoms with Gasteiger partial charge in [0.05, 0.1) is 19.7 Å².